The van der Waals surface area contributed by atoms with Gasteiger partial charge < -0.3 is 5.32 Å². The molecule has 1 aliphatic heterocycles. The summed E-state index contributed by atoms with van der Waals surface area (Å²) >= 11 is 0. The Morgan fingerprint density at radius 2 is 2.00 bits per heavy atom. The Balaban J connectivity index is 0.000000861. The van der Waals surface area contributed by atoms with Crippen molar-refractivity contribution in [1.82, 2.24) is 9.88 Å². The summed E-state index contributed by atoms with van der Waals surface area (Å²) in [7, 11) is 3.59. The largest absolute Gasteiger partial charge is 0.367 e. The van der Waals surface area contributed by atoms with E-state index in [0.29, 0.717) is 6.04 Å². The molecule has 1 aliphatic rings. The standard InChI is InChI=1S/C13H20N3P.C2H6/c1-10-3-6-14-13(9-10)15-12-4-7-16(8-5-12)11(2)17;1-2/h3,6,9,12,17H,4-5,7-8H2,1-2H3,(H,14,15);1-2H3. The van der Waals surface area contributed by atoms with Crippen LogP contribution in [0.15, 0.2) is 18.3 Å². The maximum atomic E-state index is 4.35. The van der Waals surface area contributed by atoms with Crippen LogP contribution in [0, 0.1) is 6.92 Å². The molecule has 0 saturated carbocycles. The zero-order valence-electron chi connectivity index (χ0n) is 12.5. The van der Waals surface area contributed by atoms with Crippen molar-refractivity contribution in [2.45, 2.75) is 46.6 Å². The topological polar surface area (TPSA) is 28.2 Å². The summed E-state index contributed by atoms with van der Waals surface area (Å²) in [5.41, 5.74) is 2.49. The number of anilines is 1. The van der Waals surface area contributed by atoms with Crippen LogP contribution < -0.4 is 5.32 Å². The molecule has 1 N–H and O–H groups in total. The molecule has 3 nitrogen and oxygen atoms in total. The number of nitrogens with zero attached hydrogens (tertiary/aromatic N) is 2. The molecule has 0 bridgehead atoms. The number of aryl methyl sites for hydroxylation is 1. The van der Waals surface area contributed by atoms with Crippen molar-refractivity contribution in [3.8, 4) is 0 Å². The van der Waals surface area contributed by atoms with Crippen molar-refractivity contribution in [3.05, 3.63) is 23.9 Å². The molecule has 1 fully saturated rings. The van der Waals surface area contributed by atoms with E-state index in [1.165, 1.54) is 11.0 Å². The first-order chi connectivity index (χ1) is 9.15. The minimum Gasteiger partial charge on any atom is -0.367 e. The van der Waals surface area contributed by atoms with E-state index >= 15 is 0 Å². The number of pyridine rings is 1. The second kappa shape index (κ2) is 8.29. The van der Waals surface area contributed by atoms with Crippen LogP contribution in [-0.4, -0.2) is 34.4 Å². The third kappa shape index (κ3) is 5.30. The van der Waals surface area contributed by atoms with E-state index in [2.05, 4.69) is 44.0 Å². The number of nitrogens with one attached hydrogen (secondary N) is 1. The van der Waals surface area contributed by atoms with Crippen molar-refractivity contribution in [3.63, 3.8) is 0 Å². The Hall–Kier alpha value is -0.920. The Labute approximate surface area is 119 Å². The van der Waals surface area contributed by atoms with E-state index in [1.807, 2.05) is 26.1 Å². The van der Waals surface area contributed by atoms with Gasteiger partial charge in [0.1, 0.15) is 5.82 Å². The van der Waals surface area contributed by atoms with Crippen molar-refractivity contribution in [2.75, 3.05) is 18.4 Å². The molecule has 2 heterocycles. The quantitative estimate of drug-likeness (QED) is 0.857. The van der Waals surface area contributed by atoms with Gasteiger partial charge in [-0.15, -0.1) is 8.86 Å². The van der Waals surface area contributed by atoms with Crippen molar-refractivity contribution < 1.29 is 0 Å². The molecule has 0 aliphatic carbocycles. The van der Waals surface area contributed by atoms with Gasteiger partial charge in [0.2, 0.25) is 0 Å². The van der Waals surface area contributed by atoms with Crippen LogP contribution in [0.3, 0.4) is 0 Å². The SMILES string of the molecule is CC.CC(=P)N1CCC(Nc2cc(C)ccn2)CC1. The first-order valence-electron chi connectivity index (χ1n) is 7.14. The van der Waals surface area contributed by atoms with E-state index < -0.39 is 0 Å². The first-order valence-corrected chi connectivity index (χ1v) is 7.64. The van der Waals surface area contributed by atoms with Crippen LogP contribution in [0.4, 0.5) is 5.82 Å². The van der Waals surface area contributed by atoms with Crippen LogP contribution in [-0.2, 0) is 0 Å². The third-order valence-corrected chi connectivity index (χ3v) is 3.55. The average molecular weight is 279 g/mol. The first kappa shape index (κ1) is 16.1. The lowest BCUT2D eigenvalue weighted by Gasteiger charge is -2.32. The predicted molar refractivity (Wildman–Crippen MR) is 87.5 cm³/mol. The predicted octanol–water partition coefficient (Wildman–Crippen LogP) is 3.59. The Bertz CT molecular complexity index is 398. The van der Waals surface area contributed by atoms with Crippen molar-refractivity contribution in [1.29, 1.82) is 0 Å². The minimum absolute atomic E-state index is 0.548. The van der Waals surface area contributed by atoms with E-state index in [-0.39, 0.29) is 0 Å². The van der Waals surface area contributed by atoms with Crippen LogP contribution in [0.25, 0.3) is 0 Å². The second-order valence-corrected chi connectivity index (χ2v) is 5.43. The number of piperidine rings is 1. The molecule has 0 amide bonds. The highest BCUT2D eigenvalue weighted by molar-refractivity contribution is 7.20. The summed E-state index contributed by atoms with van der Waals surface area (Å²) in [6.45, 7) is 10.4. The van der Waals surface area contributed by atoms with Gasteiger partial charge >= 0.3 is 0 Å². The minimum atomic E-state index is 0.548. The molecule has 106 valence electrons. The molecule has 1 aromatic heterocycles. The van der Waals surface area contributed by atoms with Gasteiger partial charge in [-0.1, -0.05) is 13.8 Å². The van der Waals surface area contributed by atoms with E-state index in [1.54, 1.807) is 0 Å². The zero-order chi connectivity index (χ0) is 14.3. The van der Waals surface area contributed by atoms with Gasteiger partial charge in [0, 0.05) is 30.7 Å². The van der Waals surface area contributed by atoms with Gasteiger partial charge in [-0.25, -0.2) is 4.98 Å². The molecular weight excluding hydrogens is 253 g/mol. The molecule has 0 aromatic carbocycles. The molecule has 1 saturated heterocycles. The number of hydrogen-bond acceptors (Lipinski definition) is 2. The summed E-state index contributed by atoms with van der Waals surface area (Å²) in [4.78, 5) is 6.72. The third-order valence-electron chi connectivity index (χ3n) is 3.24. The van der Waals surface area contributed by atoms with Crippen molar-refractivity contribution in [2.24, 2.45) is 0 Å². The maximum absolute atomic E-state index is 4.35. The molecule has 4 heteroatoms. The van der Waals surface area contributed by atoms with E-state index in [4.69, 9.17) is 0 Å². The highest BCUT2D eigenvalue weighted by Crippen LogP contribution is 2.16. The average Bonchev–Trinajstić information content (AvgIpc) is 2.41. The monoisotopic (exact) mass is 279 g/mol. The van der Waals surface area contributed by atoms with Crippen LogP contribution in [0.2, 0.25) is 0 Å². The van der Waals surface area contributed by atoms with E-state index in [0.717, 1.165) is 31.7 Å². The molecule has 0 radical (unpaired) electrons. The fraction of sp³-hybridized carbons (Fsp3) is 0.600. The molecular formula is C15H26N3P. The molecule has 19 heavy (non-hydrogen) atoms. The van der Waals surface area contributed by atoms with Gasteiger partial charge in [-0.2, -0.15) is 0 Å². The Kier molecular flexibility index (Phi) is 7.04. The van der Waals surface area contributed by atoms with E-state index in [9.17, 15) is 0 Å². The summed E-state index contributed by atoms with van der Waals surface area (Å²) in [5.74, 6) is 1.00. The summed E-state index contributed by atoms with van der Waals surface area (Å²) in [6.07, 6.45) is 4.19. The summed E-state index contributed by atoms with van der Waals surface area (Å²) < 4.78 is 0. The Morgan fingerprint density at radius 1 is 1.37 bits per heavy atom. The van der Waals surface area contributed by atoms with Crippen LogP contribution in [0.5, 0.6) is 0 Å². The van der Waals surface area contributed by atoms with Crippen LogP contribution in [0.1, 0.15) is 39.2 Å². The molecule has 1 aromatic rings. The van der Waals surface area contributed by atoms with Gasteiger partial charge in [0.25, 0.3) is 0 Å². The van der Waals surface area contributed by atoms with Crippen molar-refractivity contribution >= 4 is 20.1 Å². The highest BCUT2D eigenvalue weighted by atomic mass is 31.0. The van der Waals surface area contributed by atoms with Crippen LogP contribution >= 0.6 is 8.86 Å². The number of likely N-dealkylation sites (tertiary alicyclic amines) is 1. The fourth-order valence-corrected chi connectivity index (χ4v) is 2.41. The maximum Gasteiger partial charge on any atom is 0.126 e. The number of rotatable bonds is 3. The second-order valence-electron chi connectivity index (χ2n) is 4.71. The Morgan fingerprint density at radius 3 is 2.53 bits per heavy atom. The van der Waals surface area contributed by atoms with Gasteiger partial charge in [-0.05, 0) is 44.4 Å². The fourth-order valence-electron chi connectivity index (χ4n) is 2.18. The van der Waals surface area contributed by atoms with Gasteiger partial charge in [0.05, 0.1) is 0 Å². The van der Waals surface area contributed by atoms with Gasteiger partial charge in [-0.3, -0.25) is 4.90 Å². The highest BCUT2D eigenvalue weighted by Gasteiger charge is 2.19. The number of aromatic nitrogens is 1. The number of hydrogen-bond donors (Lipinski definition) is 1. The lowest BCUT2D eigenvalue weighted by atomic mass is 10.1. The summed E-state index contributed by atoms with van der Waals surface area (Å²) in [6, 6.07) is 4.68. The normalized spacial score (nSPS) is 16.4. The lowest BCUT2D eigenvalue weighted by molar-refractivity contribution is 0.326. The smallest absolute Gasteiger partial charge is 0.126 e. The lowest BCUT2D eigenvalue weighted by Crippen LogP contribution is -2.40. The van der Waals surface area contributed by atoms with Gasteiger partial charge in [0.15, 0.2) is 0 Å². The zero-order valence-corrected chi connectivity index (χ0v) is 13.5. The summed E-state index contributed by atoms with van der Waals surface area (Å²) in [5, 5.41) is 3.52. The molecule has 2 rings (SSSR count). The molecule has 0 spiro atoms. The molecule has 0 atom stereocenters. The molecule has 0 unspecified atom stereocenters.